The van der Waals surface area contributed by atoms with E-state index in [9.17, 15) is 14.0 Å². The van der Waals surface area contributed by atoms with Gasteiger partial charge in [0.2, 0.25) is 11.8 Å². The lowest BCUT2D eigenvalue weighted by Crippen LogP contribution is -2.42. The summed E-state index contributed by atoms with van der Waals surface area (Å²) in [5, 5.41) is 4.84. The second-order valence-corrected chi connectivity index (χ2v) is 8.57. The molecule has 3 heterocycles. The van der Waals surface area contributed by atoms with Crippen LogP contribution in [0, 0.1) is 5.82 Å². The minimum atomic E-state index is -0.474. The van der Waals surface area contributed by atoms with E-state index in [1.807, 2.05) is 37.2 Å². The number of likely N-dealkylation sites (N-methyl/N-ethyl adjacent to an activating group) is 1. The number of fused-ring (bicyclic) bond motifs is 1. The molecule has 1 aromatic carbocycles. The summed E-state index contributed by atoms with van der Waals surface area (Å²) in [5.41, 5.74) is 9.40. The first-order valence-electron chi connectivity index (χ1n) is 11.0. The van der Waals surface area contributed by atoms with Gasteiger partial charge in [-0.3, -0.25) is 19.3 Å². The molecule has 9 heteroatoms. The molecule has 2 aromatic heterocycles. The zero-order valence-corrected chi connectivity index (χ0v) is 19.2. The zero-order valence-electron chi connectivity index (χ0n) is 19.2. The van der Waals surface area contributed by atoms with Gasteiger partial charge in [0.05, 0.1) is 24.7 Å². The topological polar surface area (TPSA) is 97.3 Å². The van der Waals surface area contributed by atoms with E-state index in [1.54, 1.807) is 40.2 Å². The van der Waals surface area contributed by atoms with Crippen molar-refractivity contribution in [1.29, 1.82) is 0 Å². The van der Waals surface area contributed by atoms with Crippen LogP contribution in [0.25, 0.3) is 22.4 Å². The Balaban J connectivity index is 1.83. The number of carbonyl (C=O) groups is 2. The molecular weight excluding hydrogens is 435 g/mol. The molecule has 34 heavy (non-hydrogen) atoms. The monoisotopic (exact) mass is 462 g/mol. The molecule has 0 saturated heterocycles. The average molecular weight is 463 g/mol. The van der Waals surface area contributed by atoms with Gasteiger partial charge in [0.1, 0.15) is 11.5 Å². The van der Waals surface area contributed by atoms with Crippen molar-refractivity contribution in [3.8, 4) is 22.4 Å². The standard InChI is InChI=1S/C25H27FN6O2/c1-30(2)13-3-4-23(34)31-15-20(14-22(27)33)32-21(16-31)24(17-9-11-28-12-10-17)25(29-32)18-5-7-19(26)8-6-18/h3-12,20H,13-16H2,1-2H3,(H2,27,33)/b4-3+. The Bertz CT molecular complexity index is 1200. The van der Waals surface area contributed by atoms with E-state index in [0.29, 0.717) is 25.3 Å². The molecule has 176 valence electrons. The van der Waals surface area contributed by atoms with Crippen LogP contribution >= 0.6 is 0 Å². The van der Waals surface area contributed by atoms with E-state index in [2.05, 4.69) is 4.98 Å². The fourth-order valence-corrected chi connectivity index (χ4v) is 4.15. The highest BCUT2D eigenvalue weighted by Gasteiger charge is 2.33. The molecule has 1 unspecified atom stereocenters. The minimum absolute atomic E-state index is 0.0402. The van der Waals surface area contributed by atoms with Gasteiger partial charge >= 0.3 is 0 Å². The van der Waals surface area contributed by atoms with Crippen LogP contribution in [-0.2, 0) is 16.1 Å². The summed E-state index contributed by atoms with van der Waals surface area (Å²) in [5.74, 6) is -0.962. The summed E-state index contributed by atoms with van der Waals surface area (Å²) < 4.78 is 15.4. The van der Waals surface area contributed by atoms with Gasteiger partial charge in [-0.05, 0) is 56.1 Å². The molecule has 1 aliphatic heterocycles. The summed E-state index contributed by atoms with van der Waals surface area (Å²) >= 11 is 0. The maximum Gasteiger partial charge on any atom is 0.246 e. The molecule has 3 aromatic rings. The molecule has 0 saturated carbocycles. The number of hydrogen-bond donors (Lipinski definition) is 1. The van der Waals surface area contributed by atoms with Gasteiger partial charge < -0.3 is 15.5 Å². The van der Waals surface area contributed by atoms with Crippen LogP contribution in [-0.4, -0.2) is 63.6 Å². The molecule has 8 nitrogen and oxygen atoms in total. The molecule has 1 aliphatic rings. The maximum absolute atomic E-state index is 13.6. The van der Waals surface area contributed by atoms with Crippen LogP contribution in [0.2, 0.25) is 0 Å². The van der Waals surface area contributed by atoms with Gasteiger partial charge in [-0.1, -0.05) is 6.08 Å². The quantitative estimate of drug-likeness (QED) is 0.545. The van der Waals surface area contributed by atoms with Crippen molar-refractivity contribution in [2.75, 3.05) is 27.2 Å². The third kappa shape index (κ3) is 5.04. The van der Waals surface area contributed by atoms with Crippen molar-refractivity contribution in [2.24, 2.45) is 5.73 Å². The molecule has 0 fully saturated rings. The van der Waals surface area contributed by atoms with Crippen LogP contribution in [0.1, 0.15) is 18.2 Å². The highest BCUT2D eigenvalue weighted by molar-refractivity contribution is 5.89. The summed E-state index contributed by atoms with van der Waals surface area (Å²) in [6.45, 7) is 1.26. The number of aromatic nitrogens is 3. The van der Waals surface area contributed by atoms with E-state index in [0.717, 1.165) is 22.4 Å². The smallest absolute Gasteiger partial charge is 0.246 e. The van der Waals surface area contributed by atoms with E-state index in [4.69, 9.17) is 10.8 Å². The number of rotatable bonds is 7. The van der Waals surface area contributed by atoms with Crippen molar-refractivity contribution in [3.63, 3.8) is 0 Å². The molecule has 2 N–H and O–H groups in total. The Hall–Kier alpha value is -3.85. The molecule has 0 spiro atoms. The Kier molecular flexibility index (Phi) is 6.83. The molecule has 2 amide bonds. The summed E-state index contributed by atoms with van der Waals surface area (Å²) in [6.07, 6.45) is 6.78. The Morgan fingerprint density at radius 3 is 2.50 bits per heavy atom. The lowest BCUT2D eigenvalue weighted by molar-refractivity contribution is -0.129. The number of halogens is 1. The first kappa shape index (κ1) is 23.3. The lowest BCUT2D eigenvalue weighted by Gasteiger charge is -2.33. The fraction of sp³-hybridized carbons (Fsp3) is 0.280. The highest BCUT2D eigenvalue weighted by atomic mass is 19.1. The summed E-state index contributed by atoms with van der Waals surface area (Å²) in [7, 11) is 3.85. The largest absolute Gasteiger partial charge is 0.370 e. The second kappa shape index (κ2) is 9.96. The Labute approximate surface area is 197 Å². The minimum Gasteiger partial charge on any atom is -0.370 e. The third-order valence-electron chi connectivity index (χ3n) is 5.69. The van der Waals surface area contributed by atoms with Crippen LogP contribution < -0.4 is 5.73 Å². The van der Waals surface area contributed by atoms with Crippen LogP contribution in [0.4, 0.5) is 4.39 Å². The number of primary amides is 1. The van der Waals surface area contributed by atoms with E-state index in [-0.39, 0.29) is 18.1 Å². The number of amides is 2. The number of carbonyl (C=O) groups excluding carboxylic acids is 2. The highest BCUT2D eigenvalue weighted by Crippen LogP contribution is 2.39. The predicted molar refractivity (Wildman–Crippen MR) is 127 cm³/mol. The van der Waals surface area contributed by atoms with Gasteiger partial charge in [-0.2, -0.15) is 5.10 Å². The number of benzene rings is 1. The number of nitrogens with zero attached hydrogens (tertiary/aromatic N) is 5. The van der Waals surface area contributed by atoms with Crippen molar-refractivity contribution < 1.29 is 14.0 Å². The van der Waals surface area contributed by atoms with Gasteiger partial charge in [0, 0.05) is 42.7 Å². The number of pyridine rings is 1. The normalized spacial score (nSPS) is 15.6. The Morgan fingerprint density at radius 2 is 1.85 bits per heavy atom. The van der Waals surface area contributed by atoms with Crippen molar-refractivity contribution in [3.05, 3.63) is 72.5 Å². The number of hydrogen-bond acceptors (Lipinski definition) is 5. The molecule has 1 atom stereocenters. The lowest BCUT2D eigenvalue weighted by atomic mass is 9.98. The Morgan fingerprint density at radius 1 is 1.15 bits per heavy atom. The first-order chi connectivity index (χ1) is 16.3. The van der Waals surface area contributed by atoms with Gasteiger partial charge in [0.25, 0.3) is 0 Å². The number of nitrogens with two attached hydrogens (primary N) is 1. The van der Waals surface area contributed by atoms with Gasteiger partial charge in [0.15, 0.2) is 0 Å². The van der Waals surface area contributed by atoms with Crippen molar-refractivity contribution in [1.82, 2.24) is 24.6 Å². The van der Waals surface area contributed by atoms with E-state index >= 15 is 0 Å². The fourth-order valence-electron chi connectivity index (χ4n) is 4.15. The zero-order chi connectivity index (χ0) is 24.2. The van der Waals surface area contributed by atoms with E-state index < -0.39 is 11.9 Å². The molecular formula is C25H27FN6O2. The van der Waals surface area contributed by atoms with Crippen molar-refractivity contribution >= 4 is 11.8 Å². The van der Waals surface area contributed by atoms with Crippen LogP contribution in [0.15, 0.2) is 60.9 Å². The molecule has 4 rings (SSSR count). The summed E-state index contributed by atoms with van der Waals surface area (Å²) in [4.78, 5) is 32.7. The molecule has 0 radical (unpaired) electrons. The van der Waals surface area contributed by atoms with Crippen LogP contribution in [0.3, 0.4) is 0 Å². The average Bonchev–Trinajstić information content (AvgIpc) is 3.19. The summed E-state index contributed by atoms with van der Waals surface area (Å²) in [6, 6.07) is 9.43. The molecule has 0 bridgehead atoms. The molecule has 0 aliphatic carbocycles. The maximum atomic E-state index is 13.6. The first-order valence-corrected chi connectivity index (χ1v) is 11.0. The van der Waals surface area contributed by atoms with Crippen molar-refractivity contribution in [2.45, 2.75) is 19.0 Å². The predicted octanol–water partition coefficient (Wildman–Crippen LogP) is 2.63. The SMILES string of the molecule is CN(C)C/C=C/C(=O)N1Cc2c(-c3ccncc3)c(-c3ccc(F)cc3)nn2C(CC(N)=O)C1. The van der Waals surface area contributed by atoms with E-state index in [1.165, 1.54) is 12.1 Å². The van der Waals surface area contributed by atoms with Gasteiger partial charge in [-0.25, -0.2) is 4.39 Å². The third-order valence-corrected chi connectivity index (χ3v) is 5.69. The van der Waals surface area contributed by atoms with Gasteiger partial charge in [-0.15, -0.1) is 0 Å². The van der Waals surface area contributed by atoms with Crippen LogP contribution in [0.5, 0.6) is 0 Å². The second-order valence-electron chi connectivity index (χ2n) is 8.57.